The number of hydrogen-bond donors (Lipinski definition) is 2. The zero-order valence-electron chi connectivity index (χ0n) is 12.7. The van der Waals surface area contributed by atoms with Crippen molar-refractivity contribution in [2.24, 2.45) is 0 Å². The topological polar surface area (TPSA) is 71.5 Å². The molecule has 1 atom stereocenters. The molecule has 0 aliphatic carbocycles. The largest absolute Gasteiger partial charge is 0.486 e. The second-order valence-electron chi connectivity index (χ2n) is 5.16. The number of nitrogens with zero attached hydrogens (tertiary/aromatic N) is 1. The van der Waals surface area contributed by atoms with Crippen LogP contribution in [0.4, 0.5) is 0 Å². The third-order valence-electron chi connectivity index (χ3n) is 2.92. The minimum Gasteiger partial charge on any atom is -0.486 e. The third kappa shape index (κ3) is 5.46. The number of thiazole rings is 1. The molecule has 0 saturated carbocycles. The van der Waals surface area contributed by atoms with Crippen molar-refractivity contribution >= 4 is 17.2 Å². The van der Waals surface area contributed by atoms with Gasteiger partial charge in [0.1, 0.15) is 17.4 Å². The fourth-order valence-corrected chi connectivity index (χ4v) is 2.47. The highest BCUT2D eigenvalue weighted by atomic mass is 32.1. The Labute approximate surface area is 134 Å². The number of nitrogens with one attached hydrogen (secondary N) is 1. The Kier molecular flexibility index (Phi) is 5.91. The quantitative estimate of drug-likeness (QED) is 0.819. The van der Waals surface area contributed by atoms with Crippen molar-refractivity contribution < 1.29 is 14.6 Å². The van der Waals surface area contributed by atoms with Gasteiger partial charge in [-0.15, -0.1) is 11.3 Å². The first-order valence-electron chi connectivity index (χ1n) is 7.10. The molecule has 6 heteroatoms. The van der Waals surface area contributed by atoms with Gasteiger partial charge < -0.3 is 15.2 Å². The Bertz CT molecular complexity index is 608. The highest BCUT2D eigenvalue weighted by molar-refractivity contribution is 7.09. The van der Waals surface area contributed by atoms with Gasteiger partial charge in [-0.2, -0.15) is 0 Å². The molecule has 0 fully saturated rings. The lowest BCUT2D eigenvalue weighted by molar-refractivity contribution is -0.120. The molecule has 1 amide bonds. The second kappa shape index (κ2) is 7.91. The van der Waals surface area contributed by atoms with Gasteiger partial charge in [-0.05, 0) is 26.0 Å². The van der Waals surface area contributed by atoms with Gasteiger partial charge in [-0.3, -0.25) is 4.79 Å². The highest BCUT2D eigenvalue weighted by Crippen LogP contribution is 2.16. The zero-order valence-corrected chi connectivity index (χ0v) is 13.5. The molecule has 118 valence electrons. The number of hydrogen-bond acceptors (Lipinski definition) is 5. The van der Waals surface area contributed by atoms with Gasteiger partial charge >= 0.3 is 0 Å². The number of ether oxygens (including phenoxy) is 1. The van der Waals surface area contributed by atoms with E-state index in [9.17, 15) is 4.79 Å². The van der Waals surface area contributed by atoms with E-state index in [1.54, 1.807) is 6.92 Å². The fourth-order valence-electron chi connectivity index (χ4n) is 1.76. The number of amides is 1. The Morgan fingerprint density at radius 2 is 2.14 bits per heavy atom. The number of benzene rings is 1. The van der Waals surface area contributed by atoms with E-state index < -0.39 is 6.10 Å². The van der Waals surface area contributed by atoms with E-state index >= 15 is 0 Å². The Balaban J connectivity index is 1.81. The number of aryl methyl sites for hydroxylation is 1. The van der Waals surface area contributed by atoms with Crippen LogP contribution in [0, 0.1) is 6.92 Å². The summed E-state index contributed by atoms with van der Waals surface area (Å²) in [6, 6.07) is 7.84. The summed E-state index contributed by atoms with van der Waals surface area (Å²) in [5.41, 5.74) is 1.91. The molecular weight excluding hydrogens is 300 g/mol. The first-order valence-corrected chi connectivity index (χ1v) is 7.98. The van der Waals surface area contributed by atoms with E-state index in [2.05, 4.69) is 10.3 Å². The van der Waals surface area contributed by atoms with Gasteiger partial charge in [-0.25, -0.2) is 4.98 Å². The summed E-state index contributed by atoms with van der Waals surface area (Å²) in [6.07, 6.45) is -0.328. The SMILES string of the molecule is Cc1ccc(OCc2nc(CC(=O)NCC(C)O)cs2)cc1. The molecule has 1 aromatic heterocycles. The van der Waals surface area contributed by atoms with Crippen LogP contribution in [0.5, 0.6) is 5.75 Å². The van der Waals surface area contributed by atoms with Gasteiger partial charge in [0.25, 0.3) is 0 Å². The van der Waals surface area contributed by atoms with E-state index in [0.29, 0.717) is 6.61 Å². The van der Waals surface area contributed by atoms with Crippen LogP contribution >= 0.6 is 11.3 Å². The highest BCUT2D eigenvalue weighted by Gasteiger charge is 2.09. The maximum Gasteiger partial charge on any atom is 0.226 e. The van der Waals surface area contributed by atoms with Gasteiger partial charge in [0.2, 0.25) is 5.91 Å². The molecule has 2 rings (SSSR count). The number of aliphatic hydroxyl groups is 1. The summed E-state index contributed by atoms with van der Waals surface area (Å²) >= 11 is 1.47. The first-order chi connectivity index (χ1) is 10.5. The monoisotopic (exact) mass is 320 g/mol. The van der Waals surface area contributed by atoms with E-state index in [0.717, 1.165) is 16.5 Å². The summed E-state index contributed by atoms with van der Waals surface area (Å²) in [6.45, 7) is 4.30. The molecule has 0 radical (unpaired) electrons. The fraction of sp³-hybridized carbons (Fsp3) is 0.375. The summed E-state index contributed by atoms with van der Waals surface area (Å²) in [4.78, 5) is 16.0. The van der Waals surface area contributed by atoms with Crippen molar-refractivity contribution in [2.75, 3.05) is 6.54 Å². The van der Waals surface area contributed by atoms with E-state index in [-0.39, 0.29) is 18.9 Å². The molecule has 1 heterocycles. The molecule has 1 aromatic carbocycles. The average Bonchev–Trinajstić information content (AvgIpc) is 2.92. The zero-order chi connectivity index (χ0) is 15.9. The molecular formula is C16H20N2O3S. The van der Waals surface area contributed by atoms with Crippen molar-refractivity contribution in [2.45, 2.75) is 33.0 Å². The molecule has 0 bridgehead atoms. The molecule has 1 unspecified atom stereocenters. The van der Waals surface area contributed by atoms with Crippen LogP contribution in [0.3, 0.4) is 0 Å². The van der Waals surface area contributed by atoms with Crippen molar-refractivity contribution in [1.29, 1.82) is 0 Å². The molecule has 0 aliphatic heterocycles. The van der Waals surface area contributed by atoms with Gasteiger partial charge in [0, 0.05) is 11.9 Å². The summed E-state index contributed by atoms with van der Waals surface area (Å²) in [5, 5.41) is 14.5. The van der Waals surface area contributed by atoms with Crippen LogP contribution in [0.1, 0.15) is 23.2 Å². The lowest BCUT2D eigenvalue weighted by Gasteiger charge is -2.05. The predicted molar refractivity (Wildman–Crippen MR) is 86.0 cm³/mol. The van der Waals surface area contributed by atoms with Gasteiger partial charge in [-0.1, -0.05) is 17.7 Å². The third-order valence-corrected chi connectivity index (χ3v) is 3.79. The minimum atomic E-state index is -0.544. The molecule has 0 aliphatic rings. The Morgan fingerprint density at radius 3 is 2.82 bits per heavy atom. The Hall–Kier alpha value is -1.92. The number of aromatic nitrogens is 1. The predicted octanol–water partition coefficient (Wildman–Crippen LogP) is 2.07. The van der Waals surface area contributed by atoms with Crippen molar-refractivity contribution in [3.8, 4) is 5.75 Å². The molecule has 2 N–H and O–H groups in total. The molecule has 0 saturated heterocycles. The van der Waals surface area contributed by atoms with Crippen LogP contribution in [0.2, 0.25) is 0 Å². The van der Waals surface area contributed by atoms with E-state index in [1.165, 1.54) is 16.9 Å². The van der Waals surface area contributed by atoms with Crippen LogP contribution in [-0.2, 0) is 17.8 Å². The van der Waals surface area contributed by atoms with Crippen LogP contribution < -0.4 is 10.1 Å². The lowest BCUT2D eigenvalue weighted by Crippen LogP contribution is -2.31. The number of carbonyl (C=O) groups excluding carboxylic acids is 1. The van der Waals surface area contributed by atoms with Crippen molar-refractivity contribution in [3.63, 3.8) is 0 Å². The van der Waals surface area contributed by atoms with Crippen LogP contribution in [0.15, 0.2) is 29.6 Å². The minimum absolute atomic E-state index is 0.141. The van der Waals surface area contributed by atoms with Gasteiger partial charge in [0.05, 0.1) is 18.2 Å². The normalized spacial score (nSPS) is 12.0. The molecule has 2 aromatic rings. The summed E-state index contributed by atoms with van der Waals surface area (Å²) in [5.74, 6) is 0.661. The van der Waals surface area contributed by atoms with Gasteiger partial charge in [0.15, 0.2) is 0 Å². The maximum atomic E-state index is 11.6. The maximum absolute atomic E-state index is 11.6. The van der Waals surface area contributed by atoms with Crippen LogP contribution in [-0.4, -0.2) is 28.6 Å². The molecule has 0 spiro atoms. The van der Waals surface area contributed by atoms with Crippen molar-refractivity contribution in [3.05, 3.63) is 45.9 Å². The first kappa shape index (κ1) is 16.5. The summed E-state index contributed by atoms with van der Waals surface area (Å²) < 4.78 is 5.66. The van der Waals surface area contributed by atoms with E-state index in [4.69, 9.17) is 9.84 Å². The Morgan fingerprint density at radius 1 is 1.41 bits per heavy atom. The average molecular weight is 320 g/mol. The summed E-state index contributed by atoms with van der Waals surface area (Å²) in [7, 11) is 0. The van der Waals surface area contributed by atoms with Crippen LogP contribution in [0.25, 0.3) is 0 Å². The second-order valence-corrected chi connectivity index (χ2v) is 6.11. The molecule has 5 nitrogen and oxygen atoms in total. The molecule has 22 heavy (non-hydrogen) atoms. The number of rotatable bonds is 7. The number of carbonyl (C=O) groups is 1. The van der Waals surface area contributed by atoms with Crippen molar-refractivity contribution in [1.82, 2.24) is 10.3 Å². The van der Waals surface area contributed by atoms with E-state index in [1.807, 2.05) is 36.6 Å². The standard InChI is InChI=1S/C16H20N2O3S/c1-11-3-5-14(6-4-11)21-9-16-18-13(10-22-16)7-15(20)17-8-12(2)19/h3-6,10,12,19H,7-9H2,1-2H3,(H,17,20). The number of aliphatic hydroxyl groups excluding tert-OH is 1. The lowest BCUT2D eigenvalue weighted by atomic mass is 10.2. The smallest absolute Gasteiger partial charge is 0.226 e.